The third-order valence-corrected chi connectivity index (χ3v) is 7.73. The standard InChI is InChI=1S/C35H53NO10/c1-5-6-7-8-9-10-11-12-13-14-15-19-22-30(40)36-32-34(44-27(4)39)33(43-26(3)38)29(24-42-25(2)37)45-35(32)46-31(41)23-28-20-17-16-18-21-28/h16-18,20-21,29,32-35H,5-15,19,22-24H2,1-4H3,(H,36,40)/t29-,32-,33-,34-,35+/m1/s1. The van der Waals surface area contributed by atoms with Crippen LogP contribution in [0.1, 0.15) is 117 Å². The second kappa shape index (κ2) is 22.1. The van der Waals surface area contributed by atoms with E-state index < -0.39 is 54.5 Å². The van der Waals surface area contributed by atoms with Gasteiger partial charge in [0.2, 0.25) is 12.2 Å². The lowest BCUT2D eigenvalue weighted by Crippen LogP contribution is -2.67. The Morgan fingerprint density at radius 1 is 0.696 bits per heavy atom. The van der Waals surface area contributed by atoms with E-state index >= 15 is 0 Å². The van der Waals surface area contributed by atoms with Gasteiger partial charge in [0.25, 0.3) is 0 Å². The zero-order valence-electron chi connectivity index (χ0n) is 28.0. The van der Waals surface area contributed by atoms with Crippen LogP contribution in [-0.2, 0) is 54.1 Å². The minimum atomic E-state index is -1.43. The summed E-state index contributed by atoms with van der Waals surface area (Å²) in [5.74, 6) is -3.06. The Kier molecular flexibility index (Phi) is 18.6. The highest BCUT2D eigenvalue weighted by Gasteiger charge is 2.52. The average molecular weight is 648 g/mol. The number of unbranched alkanes of at least 4 members (excludes halogenated alkanes) is 11. The van der Waals surface area contributed by atoms with Gasteiger partial charge in [0, 0.05) is 27.2 Å². The SMILES string of the molecule is CCCCCCCCCCCCCCC(=O)N[C@H]1[C@H](OC(=O)Cc2ccccc2)O[C@H](COC(C)=O)[C@@H](OC(C)=O)[C@@H]1OC(C)=O. The molecule has 1 aliphatic heterocycles. The quantitative estimate of drug-likeness (QED) is 0.103. The molecule has 0 bridgehead atoms. The summed E-state index contributed by atoms with van der Waals surface area (Å²) < 4.78 is 27.8. The molecule has 1 N–H and O–H groups in total. The van der Waals surface area contributed by atoms with Crippen LogP contribution in [0, 0.1) is 0 Å². The lowest BCUT2D eigenvalue weighted by Gasteiger charge is -2.44. The molecule has 1 saturated heterocycles. The second-order valence-corrected chi connectivity index (χ2v) is 11.9. The van der Waals surface area contributed by atoms with Crippen molar-refractivity contribution in [3.8, 4) is 0 Å². The van der Waals surface area contributed by atoms with Crippen molar-refractivity contribution in [1.29, 1.82) is 0 Å². The highest BCUT2D eigenvalue weighted by atomic mass is 16.7. The molecule has 5 atom stereocenters. The first-order valence-electron chi connectivity index (χ1n) is 16.8. The van der Waals surface area contributed by atoms with E-state index in [0.29, 0.717) is 12.0 Å². The van der Waals surface area contributed by atoms with Gasteiger partial charge in [0.05, 0.1) is 6.42 Å². The predicted molar refractivity (Wildman–Crippen MR) is 170 cm³/mol. The number of carbonyl (C=O) groups is 5. The first-order chi connectivity index (χ1) is 22.1. The Hall–Kier alpha value is -3.47. The molecule has 1 aliphatic rings. The van der Waals surface area contributed by atoms with E-state index in [-0.39, 0.29) is 25.4 Å². The van der Waals surface area contributed by atoms with E-state index in [1.165, 1.54) is 72.1 Å². The maximum absolute atomic E-state index is 13.1. The topological polar surface area (TPSA) is 144 Å². The summed E-state index contributed by atoms with van der Waals surface area (Å²) in [6.45, 7) is 5.38. The fraction of sp³-hybridized carbons (Fsp3) is 0.686. The Bertz CT molecular complexity index is 1080. The highest BCUT2D eigenvalue weighted by molar-refractivity contribution is 5.77. The normalized spacial score (nSPS) is 20.7. The van der Waals surface area contributed by atoms with E-state index in [4.69, 9.17) is 23.7 Å². The largest absolute Gasteiger partial charge is 0.463 e. The lowest BCUT2D eigenvalue weighted by molar-refractivity contribution is -0.271. The number of rotatable bonds is 21. The Balaban J connectivity index is 2.06. The fourth-order valence-corrected chi connectivity index (χ4v) is 5.47. The van der Waals surface area contributed by atoms with Gasteiger partial charge in [-0.15, -0.1) is 0 Å². The second-order valence-electron chi connectivity index (χ2n) is 11.9. The fourth-order valence-electron chi connectivity index (χ4n) is 5.47. The molecule has 0 spiro atoms. The summed E-state index contributed by atoms with van der Waals surface area (Å²) >= 11 is 0. The van der Waals surface area contributed by atoms with Crippen molar-refractivity contribution in [1.82, 2.24) is 5.32 Å². The number of hydrogen-bond donors (Lipinski definition) is 1. The molecule has 1 aromatic rings. The van der Waals surface area contributed by atoms with Gasteiger partial charge in [-0.2, -0.15) is 0 Å². The maximum atomic E-state index is 13.1. The van der Waals surface area contributed by atoms with Gasteiger partial charge in [-0.25, -0.2) is 0 Å². The van der Waals surface area contributed by atoms with Crippen LogP contribution in [0.5, 0.6) is 0 Å². The van der Waals surface area contributed by atoms with Gasteiger partial charge in [0.1, 0.15) is 18.8 Å². The Morgan fingerprint density at radius 3 is 1.78 bits per heavy atom. The number of hydrogen-bond acceptors (Lipinski definition) is 10. The first kappa shape index (κ1) is 38.7. The summed E-state index contributed by atoms with van der Waals surface area (Å²) in [7, 11) is 0. The summed E-state index contributed by atoms with van der Waals surface area (Å²) in [6.07, 6.45) is 8.84. The van der Waals surface area contributed by atoms with Gasteiger partial charge in [-0.1, -0.05) is 108 Å². The van der Waals surface area contributed by atoms with E-state index in [0.717, 1.165) is 19.3 Å². The Labute approximate surface area is 273 Å². The molecule has 2 rings (SSSR count). The molecular weight excluding hydrogens is 594 g/mol. The van der Waals surface area contributed by atoms with Gasteiger partial charge >= 0.3 is 23.9 Å². The van der Waals surface area contributed by atoms with E-state index in [1.807, 2.05) is 6.07 Å². The van der Waals surface area contributed by atoms with Crippen molar-refractivity contribution in [3.05, 3.63) is 35.9 Å². The first-order valence-corrected chi connectivity index (χ1v) is 16.8. The number of amides is 1. The molecule has 0 aliphatic carbocycles. The zero-order chi connectivity index (χ0) is 33.7. The van der Waals surface area contributed by atoms with Crippen LogP contribution in [0.3, 0.4) is 0 Å². The van der Waals surface area contributed by atoms with Crippen LogP contribution in [0.2, 0.25) is 0 Å². The molecule has 1 fully saturated rings. The molecule has 1 heterocycles. The number of benzene rings is 1. The van der Waals surface area contributed by atoms with Gasteiger partial charge in [-0.3, -0.25) is 24.0 Å². The number of esters is 4. The van der Waals surface area contributed by atoms with Crippen LogP contribution in [0.25, 0.3) is 0 Å². The number of carbonyl (C=O) groups excluding carboxylic acids is 5. The molecule has 11 heteroatoms. The third kappa shape index (κ3) is 15.7. The maximum Gasteiger partial charge on any atom is 0.312 e. The zero-order valence-corrected chi connectivity index (χ0v) is 28.0. The van der Waals surface area contributed by atoms with Crippen molar-refractivity contribution in [2.45, 2.75) is 148 Å². The molecule has 0 saturated carbocycles. The minimum Gasteiger partial charge on any atom is -0.463 e. The van der Waals surface area contributed by atoms with Crippen LogP contribution in [0.4, 0.5) is 0 Å². The van der Waals surface area contributed by atoms with E-state index in [2.05, 4.69) is 12.2 Å². The summed E-state index contributed by atoms with van der Waals surface area (Å²) in [4.78, 5) is 62.0. The van der Waals surface area contributed by atoms with Crippen molar-refractivity contribution >= 4 is 29.8 Å². The molecule has 0 aromatic heterocycles. The molecule has 258 valence electrons. The average Bonchev–Trinajstić information content (AvgIpc) is 2.99. The molecular formula is C35H53NO10. The summed E-state index contributed by atoms with van der Waals surface area (Å²) in [5.41, 5.74) is 0.696. The molecule has 1 aromatic carbocycles. The highest BCUT2D eigenvalue weighted by Crippen LogP contribution is 2.28. The molecule has 11 nitrogen and oxygen atoms in total. The predicted octanol–water partition coefficient (Wildman–Crippen LogP) is 5.50. The molecule has 46 heavy (non-hydrogen) atoms. The van der Waals surface area contributed by atoms with Crippen molar-refractivity contribution < 1.29 is 47.7 Å². The molecule has 1 amide bonds. The van der Waals surface area contributed by atoms with Crippen LogP contribution in [-0.4, -0.2) is 67.0 Å². The number of ether oxygens (including phenoxy) is 5. The summed E-state index contributed by atoms with van der Waals surface area (Å²) in [6, 6.07) is 7.71. The van der Waals surface area contributed by atoms with Gasteiger partial charge < -0.3 is 29.0 Å². The third-order valence-electron chi connectivity index (χ3n) is 7.73. The smallest absolute Gasteiger partial charge is 0.312 e. The van der Waals surface area contributed by atoms with Crippen molar-refractivity contribution in [2.75, 3.05) is 6.61 Å². The van der Waals surface area contributed by atoms with Crippen LogP contribution in [0.15, 0.2) is 30.3 Å². The minimum absolute atomic E-state index is 0.0829. The summed E-state index contributed by atoms with van der Waals surface area (Å²) in [5, 5.41) is 2.80. The van der Waals surface area contributed by atoms with Crippen molar-refractivity contribution in [3.63, 3.8) is 0 Å². The van der Waals surface area contributed by atoms with Crippen molar-refractivity contribution in [2.24, 2.45) is 0 Å². The lowest BCUT2D eigenvalue weighted by atomic mass is 9.95. The van der Waals surface area contributed by atoms with E-state index in [1.54, 1.807) is 24.3 Å². The van der Waals surface area contributed by atoms with E-state index in [9.17, 15) is 24.0 Å². The molecule has 0 unspecified atom stereocenters. The monoisotopic (exact) mass is 647 g/mol. The Morgan fingerprint density at radius 2 is 1.24 bits per heavy atom. The van der Waals surface area contributed by atoms with Gasteiger partial charge in [0.15, 0.2) is 12.2 Å². The van der Waals surface area contributed by atoms with Crippen LogP contribution >= 0.6 is 0 Å². The van der Waals surface area contributed by atoms with Crippen LogP contribution < -0.4 is 5.32 Å². The molecule has 0 radical (unpaired) electrons. The number of nitrogens with one attached hydrogen (secondary N) is 1. The van der Waals surface area contributed by atoms with Gasteiger partial charge in [-0.05, 0) is 12.0 Å².